The van der Waals surface area contributed by atoms with Crippen LogP contribution in [0.1, 0.15) is 73.6 Å². The van der Waals surface area contributed by atoms with Gasteiger partial charge in [0.2, 0.25) is 5.91 Å². The molecule has 0 saturated heterocycles. The molecule has 6 nitrogen and oxygen atoms in total. The zero-order valence-electron chi connectivity index (χ0n) is 18.7. The standard InChI is InChI=1S/C21H43N3O3/c1-20(2,3)19(26)17(24-21(4,5)6)11-8-9-13-23-18(25)12-10-15-27-16-14-22-7/h17,22,24H,8-16H2,1-7H3,(H,23,25). The summed E-state index contributed by atoms with van der Waals surface area (Å²) in [6.07, 6.45) is 3.82. The third-order valence-corrected chi connectivity index (χ3v) is 4.09. The Kier molecular flexibility index (Phi) is 12.8. The molecule has 0 saturated carbocycles. The molecule has 0 bridgehead atoms. The third kappa shape index (κ3) is 14.7. The van der Waals surface area contributed by atoms with Crippen molar-refractivity contribution in [3.05, 3.63) is 0 Å². The van der Waals surface area contributed by atoms with Crippen molar-refractivity contribution in [1.82, 2.24) is 16.0 Å². The summed E-state index contributed by atoms with van der Waals surface area (Å²) in [7, 11) is 1.89. The smallest absolute Gasteiger partial charge is 0.220 e. The van der Waals surface area contributed by atoms with Crippen molar-refractivity contribution in [3.63, 3.8) is 0 Å². The maximum atomic E-state index is 12.7. The van der Waals surface area contributed by atoms with Crippen LogP contribution in [0.3, 0.4) is 0 Å². The number of rotatable bonds is 14. The van der Waals surface area contributed by atoms with Crippen LogP contribution in [0.15, 0.2) is 0 Å². The van der Waals surface area contributed by atoms with Crippen LogP contribution >= 0.6 is 0 Å². The summed E-state index contributed by atoms with van der Waals surface area (Å²) in [6.45, 7) is 14.9. The van der Waals surface area contributed by atoms with Gasteiger partial charge in [0.05, 0.1) is 12.6 Å². The Morgan fingerprint density at radius 2 is 1.59 bits per heavy atom. The van der Waals surface area contributed by atoms with E-state index < -0.39 is 0 Å². The van der Waals surface area contributed by atoms with Crippen LogP contribution in [0.25, 0.3) is 0 Å². The van der Waals surface area contributed by atoms with E-state index in [1.54, 1.807) is 0 Å². The van der Waals surface area contributed by atoms with Gasteiger partial charge in [0.1, 0.15) is 0 Å². The minimum Gasteiger partial charge on any atom is -0.380 e. The normalized spacial score (nSPS) is 13.4. The van der Waals surface area contributed by atoms with Gasteiger partial charge in [0.25, 0.3) is 0 Å². The fourth-order valence-electron chi connectivity index (χ4n) is 2.71. The lowest BCUT2D eigenvalue weighted by atomic mass is 9.84. The first-order chi connectivity index (χ1) is 12.5. The van der Waals surface area contributed by atoms with Crippen molar-refractivity contribution < 1.29 is 14.3 Å². The third-order valence-electron chi connectivity index (χ3n) is 4.09. The van der Waals surface area contributed by atoms with Crippen LogP contribution in [0.4, 0.5) is 0 Å². The predicted molar refractivity (Wildman–Crippen MR) is 112 cm³/mol. The maximum absolute atomic E-state index is 12.7. The van der Waals surface area contributed by atoms with Gasteiger partial charge in [-0.25, -0.2) is 0 Å². The van der Waals surface area contributed by atoms with E-state index in [4.69, 9.17) is 4.74 Å². The number of carbonyl (C=O) groups excluding carboxylic acids is 2. The second-order valence-electron chi connectivity index (χ2n) is 9.23. The molecule has 1 amide bonds. The van der Waals surface area contributed by atoms with Crippen molar-refractivity contribution in [2.75, 3.05) is 33.4 Å². The highest BCUT2D eigenvalue weighted by molar-refractivity contribution is 5.88. The van der Waals surface area contributed by atoms with Gasteiger partial charge in [-0.15, -0.1) is 0 Å². The molecule has 1 atom stereocenters. The lowest BCUT2D eigenvalue weighted by Gasteiger charge is -2.31. The van der Waals surface area contributed by atoms with E-state index in [1.165, 1.54) is 0 Å². The van der Waals surface area contributed by atoms with Gasteiger partial charge in [-0.05, 0) is 53.5 Å². The summed E-state index contributed by atoms with van der Waals surface area (Å²) < 4.78 is 5.40. The molecule has 0 spiro atoms. The monoisotopic (exact) mass is 385 g/mol. The molecule has 0 aliphatic rings. The van der Waals surface area contributed by atoms with E-state index in [-0.39, 0.29) is 28.7 Å². The summed E-state index contributed by atoms with van der Waals surface area (Å²) in [5.74, 6) is 0.321. The SMILES string of the molecule is CNCCOCCCC(=O)NCCCCC(NC(C)(C)C)C(=O)C(C)(C)C. The van der Waals surface area contributed by atoms with Gasteiger partial charge >= 0.3 is 0 Å². The molecule has 0 aromatic carbocycles. The number of carbonyl (C=O) groups is 2. The molecular weight excluding hydrogens is 342 g/mol. The quantitative estimate of drug-likeness (QED) is 0.401. The van der Waals surface area contributed by atoms with Gasteiger partial charge < -0.3 is 20.7 Å². The van der Waals surface area contributed by atoms with E-state index in [0.29, 0.717) is 26.2 Å². The number of amides is 1. The van der Waals surface area contributed by atoms with Crippen LogP contribution in [0.5, 0.6) is 0 Å². The summed E-state index contributed by atoms with van der Waals surface area (Å²) in [5.41, 5.74) is -0.457. The summed E-state index contributed by atoms with van der Waals surface area (Å²) in [4.78, 5) is 24.5. The number of Topliss-reactive ketones (excluding diaryl/α,β-unsaturated/α-hetero) is 1. The molecule has 0 aliphatic carbocycles. The van der Waals surface area contributed by atoms with Crippen LogP contribution in [-0.2, 0) is 14.3 Å². The van der Waals surface area contributed by atoms with E-state index >= 15 is 0 Å². The minimum absolute atomic E-state index is 0.0716. The average molecular weight is 386 g/mol. The second-order valence-corrected chi connectivity index (χ2v) is 9.23. The number of ketones is 1. The second kappa shape index (κ2) is 13.2. The largest absolute Gasteiger partial charge is 0.380 e. The molecule has 1 unspecified atom stereocenters. The molecule has 6 heteroatoms. The number of ether oxygens (including phenoxy) is 1. The van der Waals surface area contributed by atoms with Crippen LogP contribution in [0.2, 0.25) is 0 Å². The molecule has 3 N–H and O–H groups in total. The van der Waals surface area contributed by atoms with Gasteiger partial charge in [-0.2, -0.15) is 0 Å². The maximum Gasteiger partial charge on any atom is 0.220 e. The highest BCUT2D eigenvalue weighted by Gasteiger charge is 2.31. The molecule has 27 heavy (non-hydrogen) atoms. The molecule has 0 rings (SSSR count). The lowest BCUT2D eigenvalue weighted by Crippen LogP contribution is -2.50. The lowest BCUT2D eigenvalue weighted by molar-refractivity contribution is -0.129. The minimum atomic E-state index is -0.355. The molecule has 0 fully saturated rings. The van der Waals surface area contributed by atoms with E-state index in [0.717, 1.165) is 32.2 Å². The van der Waals surface area contributed by atoms with Crippen LogP contribution < -0.4 is 16.0 Å². The van der Waals surface area contributed by atoms with Crippen molar-refractivity contribution in [1.29, 1.82) is 0 Å². The number of nitrogens with one attached hydrogen (secondary N) is 3. The zero-order chi connectivity index (χ0) is 20.9. The van der Waals surface area contributed by atoms with Crippen molar-refractivity contribution in [2.45, 2.75) is 85.2 Å². The summed E-state index contributed by atoms with van der Waals surface area (Å²) in [6, 6.07) is -0.143. The molecule has 0 heterocycles. The molecule has 160 valence electrons. The van der Waals surface area contributed by atoms with E-state index in [2.05, 4.69) is 36.7 Å². The van der Waals surface area contributed by atoms with Gasteiger partial charge in [-0.3, -0.25) is 9.59 Å². The Balaban J connectivity index is 4.03. The number of hydrogen-bond donors (Lipinski definition) is 3. The Hall–Kier alpha value is -0.980. The van der Waals surface area contributed by atoms with E-state index in [9.17, 15) is 9.59 Å². The molecule has 0 aliphatic heterocycles. The molecule has 0 aromatic heterocycles. The summed E-state index contributed by atoms with van der Waals surface area (Å²) >= 11 is 0. The number of hydrogen-bond acceptors (Lipinski definition) is 5. The molecule has 0 radical (unpaired) electrons. The van der Waals surface area contributed by atoms with Crippen molar-refractivity contribution >= 4 is 11.7 Å². The van der Waals surface area contributed by atoms with Gasteiger partial charge in [-0.1, -0.05) is 20.8 Å². The van der Waals surface area contributed by atoms with Crippen LogP contribution in [0, 0.1) is 5.41 Å². The fraction of sp³-hybridized carbons (Fsp3) is 0.905. The Morgan fingerprint density at radius 3 is 2.15 bits per heavy atom. The Bertz CT molecular complexity index is 425. The molecular formula is C21H43N3O3. The van der Waals surface area contributed by atoms with E-state index in [1.807, 2.05) is 27.8 Å². The topological polar surface area (TPSA) is 79.5 Å². The number of likely N-dealkylation sites (N-methyl/N-ethyl adjacent to an activating group) is 1. The van der Waals surface area contributed by atoms with Gasteiger partial charge in [0.15, 0.2) is 5.78 Å². The molecule has 0 aromatic rings. The Morgan fingerprint density at radius 1 is 0.926 bits per heavy atom. The average Bonchev–Trinajstić information content (AvgIpc) is 2.54. The predicted octanol–water partition coefficient (Wildman–Crippen LogP) is 2.66. The van der Waals surface area contributed by atoms with Crippen molar-refractivity contribution in [2.24, 2.45) is 5.41 Å². The fourth-order valence-corrected chi connectivity index (χ4v) is 2.71. The number of unbranched alkanes of at least 4 members (excludes halogenated alkanes) is 1. The first-order valence-corrected chi connectivity index (χ1v) is 10.3. The summed E-state index contributed by atoms with van der Waals surface area (Å²) in [5, 5.41) is 9.42. The zero-order valence-corrected chi connectivity index (χ0v) is 18.7. The van der Waals surface area contributed by atoms with Crippen molar-refractivity contribution in [3.8, 4) is 0 Å². The Labute approximate surface area is 166 Å². The first kappa shape index (κ1) is 26.0. The highest BCUT2D eigenvalue weighted by atomic mass is 16.5. The van der Waals surface area contributed by atoms with Gasteiger partial charge in [0, 0.05) is 37.1 Å². The first-order valence-electron chi connectivity index (χ1n) is 10.3. The van der Waals surface area contributed by atoms with Crippen LogP contribution in [-0.4, -0.2) is 56.6 Å². The highest BCUT2D eigenvalue weighted by Crippen LogP contribution is 2.21.